The number of benzene rings is 1. The second-order valence-electron chi connectivity index (χ2n) is 4.75. The second kappa shape index (κ2) is 7.83. The molecule has 1 aliphatic rings. The van der Waals surface area contributed by atoms with Gasteiger partial charge in [-0.1, -0.05) is 12.1 Å². The molecule has 20 heavy (non-hydrogen) atoms. The molecular formula is C13H21ClN2O3S. The van der Waals surface area contributed by atoms with Crippen molar-refractivity contribution in [3.63, 3.8) is 0 Å². The summed E-state index contributed by atoms with van der Waals surface area (Å²) in [7, 11) is -1.73. The van der Waals surface area contributed by atoms with Crippen LogP contribution in [0.15, 0.2) is 24.3 Å². The molecule has 0 radical (unpaired) electrons. The molecule has 1 atom stereocenters. The highest BCUT2D eigenvalue weighted by Gasteiger charge is 2.18. The Morgan fingerprint density at radius 2 is 2.25 bits per heavy atom. The molecule has 1 unspecified atom stereocenters. The van der Waals surface area contributed by atoms with Crippen molar-refractivity contribution < 1.29 is 13.2 Å². The van der Waals surface area contributed by atoms with Crippen LogP contribution >= 0.6 is 12.4 Å². The molecule has 0 aromatic heterocycles. The van der Waals surface area contributed by atoms with Crippen molar-refractivity contribution in [2.45, 2.75) is 24.6 Å². The maximum Gasteiger partial charge on any atom is 0.215 e. The minimum absolute atomic E-state index is 0. The lowest BCUT2D eigenvalue weighted by molar-refractivity contribution is 0.414. The summed E-state index contributed by atoms with van der Waals surface area (Å²) in [6, 6.07) is 7.39. The summed E-state index contributed by atoms with van der Waals surface area (Å²) >= 11 is 0. The maximum atomic E-state index is 12.0. The van der Waals surface area contributed by atoms with Crippen LogP contribution in [0.3, 0.4) is 0 Å². The monoisotopic (exact) mass is 320 g/mol. The molecule has 1 aliphatic heterocycles. The fraction of sp³-hybridized carbons (Fsp3) is 0.538. The molecule has 1 heterocycles. The Bertz CT molecular complexity index is 516. The van der Waals surface area contributed by atoms with Crippen molar-refractivity contribution in [3.8, 4) is 5.75 Å². The summed E-state index contributed by atoms with van der Waals surface area (Å²) in [5.74, 6) is 0.654. The first-order valence-electron chi connectivity index (χ1n) is 6.43. The maximum absolute atomic E-state index is 12.0. The van der Waals surface area contributed by atoms with E-state index in [-0.39, 0.29) is 24.2 Å². The molecule has 7 heteroatoms. The number of sulfonamides is 1. The lowest BCUT2D eigenvalue weighted by atomic mass is 10.2. The standard InChI is InChI=1S/C13H20N2O3S.ClH/c1-18-13-6-2-4-11(8-13)10-19(16,17)15-9-12-5-3-7-14-12;/h2,4,6,8,12,14-15H,3,5,7,9-10H2,1H3;1H. The van der Waals surface area contributed by atoms with E-state index in [0.29, 0.717) is 12.3 Å². The van der Waals surface area contributed by atoms with Crippen molar-refractivity contribution in [2.75, 3.05) is 20.2 Å². The average molecular weight is 321 g/mol. The van der Waals surface area contributed by atoms with Crippen LogP contribution in [-0.4, -0.2) is 34.7 Å². The summed E-state index contributed by atoms with van der Waals surface area (Å²) in [5.41, 5.74) is 0.728. The number of halogens is 1. The molecule has 5 nitrogen and oxygen atoms in total. The Morgan fingerprint density at radius 1 is 1.45 bits per heavy atom. The number of ether oxygens (including phenoxy) is 1. The molecule has 114 valence electrons. The van der Waals surface area contributed by atoms with Crippen LogP contribution in [-0.2, 0) is 15.8 Å². The molecular weight excluding hydrogens is 300 g/mol. The number of hydrogen-bond donors (Lipinski definition) is 2. The number of methoxy groups -OCH3 is 1. The highest BCUT2D eigenvalue weighted by molar-refractivity contribution is 7.88. The van der Waals surface area contributed by atoms with Crippen LogP contribution < -0.4 is 14.8 Å². The van der Waals surface area contributed by atoms with Gasteiger partial charge in [-0.15, -0.1) is 12.4 Å². The third-order valence-electron chi connectivity index (χ3n) is 3.20. The van der Waals surface area contributed by atoms with Gasteiger partial charge in [0.15, 0.2) is 0 Å². The zero-order chi connectivity index (χ0) is 13.7. The van der Waals surface area contributed by atoms with Crippen LogP contribution in [0.5, 0.6) is 5.75 Å². The van der Waals surface area contributed by atoms with Gasteiger partial charge in [0.2, 0.25) is 10.0 Å². The Labute approximate surface area is 126 Å². The Kier molecular flexibility index (Phi) is 6.75. The number of rotatable bonds is 6. The minimum Gasteiger partial charge on any atom is -0.497 e. The molecule has 1 aromatic rings. The van der Waals surface area contributed by atoms with E-state index in [1.54, 1.807) is 31.4 Å². The van der Waals surface area contributed by atoms with E-state index >= 15 is 0 Å². The van der Waals surface area contributed by atoms with Gasteiger partial charge in [-0.3, -0.25) is 0 Å². The van der Waals surface area contributed by atoms with Gasteiger partial charge in [-0.05, 0) is 37.1 Å². The van der Waals surface area contributed by atoms with Gasteiger partial charge >= 0.3 is 0 Å². The lowest BCUT2D eigenvalue weighted by Gasteiger charge is -2.12. The summed E-state index contributed by atoms with van der Waals surface area (Å²) in [6.45, 7) is 1.44. The lowest BCUT2D eigenvalue weighted by Crippen LogP contribution is -2.37. The van der Waals surface area contributed by atoms with Crippen molar-refractivity contribution in [1.82, 2.24) is 10.0 Å². The van der Waals surface area contributed by atoms with Gasteiger partial charge in [0.05, 0.1) is 12.9 Å². The first-order chi connectivity index (χ1) is 9.09. The second-order valence-corrected chi connectivity index (χ2v) is 6.56. The molecule has 1 aromatic carbocycles. The van der Waals surface area contributed by atoms with E-state index in [1.165, 1.54) is 0 Å². The van der Waals surface area contributed by atoms with Crippen molar-refractivity contribution >= 4 is 22.4 Å². The summed E-state index contributed by atoms with van der Waals surface area (Å²) in [5, 5.41) is 3.26. The van der Waals surface area contributed by atoms with Crippen LogP contribution in [0, 0.1) is 0 Å². The largest absolute Gasteiger partial charge is 0.497 e. The van der Waals surface area contributed by atoms with Gasteiger partial charge in [-0.2, -0.15) is 0 Å². The molecule has 0 bridgehead atoms. The summed E-state index contributed by atoms with van der Waals surface area (Å²) < 4.78 is 31.7. The molecule has 0 amide bonds. The molecule has 2 N–H and O–H groups in total. The minimum atomic E-state index is -3.29. The van der Waals surface area contributed by atoms with E-state index in [9.17, 15) is 8.42 Å². The predicted octanol–water partition coefficient (Wildman–Crippen LogP) is 1.29. The van der Waals surface area contributed by atoms with Gasteiger partial charge in [0.25, 0.3) is 0 Å². The van der Waals surface area contributed by atoms with E-state index in [0.717, 1.165) is 24.9 Å². The van der Waals surface area contributed by atoms with Crippen LogP contribution in [0.4, 0.5) is 0 Å². The molecule has 1 saturated heterocycles. The third-order valence-corrected chi connectivity index (χ3v) is 4.52. The highest BCUT2D eigenvalue weighted by Crippen LogP contribution is 2.14. The Morgan fingerprint density at radius 3 is 2.90 bits per heavy atom. The molecule has 1 fully saturated rings. The van der Waals surface area contributed by atoms with Gasteiger partial charge < -0.3 is 10.1 Å². The van der Waals surface area contributed by atoms with E-state index in [1.807, 2.05) is 0 Å². The quantitative estimate of drug-likeness (QED) is 0.829. The van der Waals surface area contributed by atoms with Crippen molar-refractivity contribution in [3.05, 3.63) is 29.8 Å². The molecule has 0 spiro atoms. The fourth-order valence-corrected chi connectivity index (χ4v) is 3.37. The molecule has 0 aliphatic carbocycles. The average Bonchev–Trinajstić information content (AvgIpc) is 2.89. The van der Waals surface area contributed by atoms with E-state index < -0.39 is 10.0 Å². The molecule has 0 saturated carbocycles. The fourth-order valence-electron chi connectivity index (χ4n) is 2.19. The molecule has 2 rings (SSSR count). The number of hydrogen-bond acceptors (Lipinski definition) is 4. The first-order valence-corrected chi connectivity index (χ1v) is 8.08. The topological polar surface area (TPSA) is 67.4 Å². The Balaban J connectivity index is 0.00000200. The predicted molar refractivity (Wildman–Crippen MR) is 81.9 cm³/mol. The SMILES string of the molecule is COc1cccc(CS(=O)(=O)NCC2CCCN2)c1.Cl. The van der Waals surface area contributed by atoms with Gasteiger partial charge in [0.1, 0.15) is 5.75 Å². The van der Waals surface area contributed by atoms with Crippen molar-refractivity contribution in [2.24, 2.45) is 0 Å². The normalized spacial score (nSPS) is 18.6. The Hall–Kier alpha value is -0.820. The van der Waals surface area contributed by atoms with E-state index in [2.05, 4.69) is 10.0 Å². The van der Waals surface area contributed by atoms with Crippen molar-refractivity contribution in [1.29, 1.82) is 0 Å². The van der Waals surface area contributed by atoms with E-state index in [4.69, 9.17) is 4.74 Å². The van der Waals surface area contributed by atoms with Crippen LogP contribution in [0.1, 0.15) is 18.4 Å². The smallest absolute Gasteiger partial charge is 0.215 e. The third kappa shape index (κ3) is 5.28. The number of nitrogens with one attached hydrogen (secondary N) is 2. The zero-order valence-corrected chi connectivity index (χ0v) is 13.1. The van der Waals surface area contributed by atoms with Gasteiger partial charge in [-0.25, -0.2) is 13.1 Å². The summed E-state index contributed by atoms with van der Waals surface area (Å²) in [4.78, 5) is 0. The zero-order valence-electron chi connectivity index (χ0n) is 11.5. The van der Waals surface area contributed by atoms with Crippen LogP contribution in [0.2, 0.25) is 0 Å². The summed E-state index contributed by atoms with van der Waals surface area (Å²) in [6.07, 6.45) is 2.14. The van der Waals surface area contributed by atoms with Gasteiger partial charge in [0, 0.05) is 12.6 Å². The highest BCUT2D eigenvalue weighted by atomic mass is 35.5. The first kappa shape index (κ1) is 17.2. The van der Waals surface area contributed by atoms with Crippen LogP contribution in [0.25, 0.3) is 0 Å².